The van der Waals surface area contributed by atoms with Gasteiger partial charge in [0.1, 0.15) is 17.5 Å². The molecule has 0 aromatic heterocycles. The van der Waals surface area contributed by atoms with Crippen LogP contribution >= 0.6 is 0 Å². The molecule has 0 unspecified atom stereocenters. The zero-order valence-corrected chi connectivity index (χ0v) is 7.84. The van der Waals surface area contributed by atoms with Crippen molar-refractivity contribution in [1.82, 2.24) is 0 Å². The maximum atomic E-state index is 12.2. The molecule has 1 aromatic carbocycles. The number of benzene rings is 1. The van der Waals surface area contributed by atoms with Crippen LogP contribution in [0.2, 0.25) is 0 Å². The standard InChI is InChI=1S/C9H10F3NO2/c1-4-2-5(14)7(6(15)3-4)8(13)9(10,11)12/h2-3,8,14-15H,13H2,1H3/t8-/m0/s1. The third-order valence-corrected chi connectivity index (χ3v) is 1.94. The normalized spacial score (nSPS) is 13.9. The van der Waals surface area contributed by atoms with Gasteiger partial charge in [-0.25, -0.2) is 0 Å². The van der Waals surface area contributed by atoms with Crippen molar-refractivity contribution < 1.29 is 23.4 Å². The first-order chi connectivity index (χ1) is 6.73. The second-order valence-corrected chi connectivity index (χ2v) is 3.24. The Kier molecular flexibility index (Phi) is 2.81. The molecule has 15 heavy (non-hydrogen) atoms. The lowest BCUT2D eigenvalue weighted by molar-refractivity contribution is -0.149. The van der Waals surface area contributed by atoms with E-state index in [2.05, 4.69) is 0 Å². The molecule has 0 spiro atoms. The number of rotatable bonds is 1. The topological polar surface area (TPSA) is 66.5 Å². The summed E-state index contributed by atoms with van der Waals surface area (Å²) in [6.45, 7) is 1.53. The molecule has 0 amide bonds. The van der Waals surface area contributed by atoms with Gasteiger partial charge in [0, 0.05) is 0 Å². The van der Waals surface area contributed by atoms with Crippen molar-refractivity contribution in [3.05, 3.63) is 23.3 Å². The Morgan fingerprint density at radius 2 is 1.60 bits per heavy atom. The Morgan fingerprint density at radius 1 is 1.20 bits per heavy atom. The minimum atomic E-state index is -4.70. The van der Waals surface area contributed by atoms with E-state index >= 15 is 0 Å². The number of alkyl halides is 3. The van der Waals surface area contributed by atoms with Crippen LogP contribution in [-0.4, -0.2) is 16.4 Å². The number of hydrogen-bond donors (Lipinski definition) is 3. The van der Waals surface area contributed by atoms with Gasteiger partial charge in [-0.1, -0.05) is 0 Å². The molecule has 0 aliphatic carbocycles. The van der Waals surface area contributed by atoms with Crippen LogP contribution in [0.15, 0.2) is 12.1 Å². The van der Waals surface area contributed by atoms with E-state index in [1.807, 2.05) is 0 Å². The first kappa shape index (κ1) is 11.6. The van der Waals surface area contributed by atoms with Crippen LogP contribution < -0.4 is 5.73 Å². The summed E-state index contributed by atoms with van der Waals surface area (Å²) in [5.74, 6) is -1.31. The first-order valence-electron chi connectivity index (χ1n) is 4.08. The Bertz CT molecular complexity index is 353. The van der Waals surface area contributed by atoms with E-state index in [9.17, 15) is 23.4 Å². The van der Waals surface area contributed by atoms with Crippen molar-refractivity contribution >= 4 is 0 Å². The molecule has 4 N–H and O–H groups in total. The van der Waals surface area contributed by atoms with Crippen molar-refractivity contribution in [2.75, 3.05) is 0 Å². The van der Waals surface area contributed by atoms with Crippen LogP contribution in [0.5, 0.6) is 11.5 Å². The van der Waals surface area contributed by atoms with Crippen LogP contribution in [0.4, 0.5) is 13.2 Å². The maximum Gasteiger partial charge on any atom is 0.407 e. The molecule has 1 aromatic rings. The van der Waals surface area contributed by atoms with Gasteiger partial charge in [0.15, 0.2) is 0 Å². The molecule has 0 heterocycles. The monoisotopic (exact) mass is 221 g/mol. The largest absolute Gasteiger partial charge is 0.507 e. The van der Waals surface area contributed by atoms with Crippen molar-refractivity contribution in [2.24, 2.45) is 5.73 Å². The molecule has 0 aliphatic heterocycles. The van der Waals surface area contributed by atoms with E-state index in [0.717, 1.165) is 12.1 Å². The molecule has 1 rings (SSSR count). The number of hydrogen-bond acceptors (Lipinski definition) is 3. The van der Waals surface area contributed by atoms with Crippen LogP contribution in [0.3, 0.4) is 0 Å². The van der Waals surface area contributed by atoms with Gasteiger partial charge >= 0.3 is 6.18 Å². The first-order valence-corrected chi connectivity index (χ1v) is 4.08. The quantitative estimate of drug-likeness (QED) is 0.679. The van der Waals surface area contributed by atoms with Gasteiger partial charge in [0.25, 0.3) is 0 Å². The maximum absolute atomic E-state index is 12.2. The van der Waals surface area contributed by atoms with Gasteiger partial charge in [0.05, 0.1) is 5.56 Å². The molecule has 0 radical (unpaired) electrons. The average Bonchev–Trinajstić information content (AvgIpc) is 1.99. The Balaban J connectivity index is 3.26. The van der Waals surface area contributed by atoms with E-state index in [1.54, 1.807) is 0 Å². The second kappa shape index (κ2) is 3.62. The van der Waals surface area contributed by atoms with E-state index in [1.165, 1.54) is 6.92 Å². The third-order valence-electron chi connectivity index (χ3n) is 1.94. The van der Waals surface area contributed by atoms with Crippen LogP contribution in [0.25, 0.3) is 0 Å². The predicted molar refractivity (Wildman–Crippen MR) is 47.5 cm³/mol. The summed E-state index contributed by atoms with van der Waals surface area (Å²) in [5, 5.41) is 18.5. The van der Waals surface area contributed by atoms with Gasteiger partial charge in [-0.15, -0.1) is 0 Å². The van der Waals surface area contributed by atoms with Crippen molar-refractivity contribution in [3.8, 4) is 11.5 Å². The fraction of sp³-hybridized carbons (Fsp3) is 0.333. The zero-order chi connectivity index (χ0) is 11.8. The van der Waals surface area contributed by atoms with E-state index in [4.69, 9.17) is 5.73 Å². The summed E-state index contributed by atoms with van der Waals surface area (Å²) in [7, 11) is 0. The molecule has 0 fully saturated rings. The molecule has 0 bridgehead atoms. The molecule has 1 atom stereocenters. The number of aryl methyl sites for hydroxylation is 1. The summed E-state index contributed by atoms with van der Waals surface area (Å²) in [5.41, 5.74) is 4.63. The van der Waals surface area contributed by atoms with Gasteiger partial charge in [-0.3, -0.25) is 0 Å². The molecular weight excluding hydrogens is 211 g/mol. The molecule has 84 valence electrons. The lowest BCUT2D eigenvalue weighted by Gasteiger charge is -2.18. The molecule has 0 saturated carbocycles. The van der Waals surface area contributed by atoms with Crippen molar-refractivity contribution in [2.45, 2.75) is 19.1 Å². The number of nitrogens with two attached hydrogens (primary N) is 1. The van der Waals surface area contributed by atoms with Crippen LogP contribution in [0, 0.1) is 6.92 Å². The Hall–Kier alpha value is -1.43. The van der Waals surface area contributed by atoms with Crippen molar-refractivity contribution in [3.63, 3.8) is 0 Å². The van der Waals surface area contributed by atoms with Gasteiger partial charge in [0.2, 0.25) is 0 Å². The molecular formula is C9H10F3NO2. The SMILES string of the molecule is Cc1cc(O)c([C@H](N)C(F)(F)F)c(O)c1. The molecule has 3 nitrogen and oxygen atoms in total. The lowest BCUT2D eigenvalue weighted by Crippen LogP contribution is -2.28. The minimum Gasteiger partial charge on any atom is -0.507 e. The number of phenolic OH excluding ortho intramolecular Hbond substituents is 2. The van der Waals surface area contributed by atoms with Crippen LogP contribution in [0.1, 0.15) is 17.2 Å². The summed E-state index contributed by atoms with van der Waals surface area (Å²) >= 11 is 0. The fourth-order valence-corrected chi connectivity index (χ4v) is 1.24. The predicted octanol–water partition coefficient (Wildman–Crippen LogP) is 1.97. The summed E-state index contributed by atoms with van der Waals surface area (Å²) in [4.78, 5) is 0. The van der Waals surface area contributed by atoms with Gasteiger partial charge < -0.3 is 15.9 Å². The Labute approximate surface area is 84.0 Å². The van der Waals surface area contributed by atoms with Crippen LogP contribution in [-0.2, 0) is 0 Å². The highest BCUT2D eigenvalue weighted by atomic mass is 19.4. The second-order valence-electron chi connectivity index (χ2n) is 3.24. The third kappa shape index (κ3) is 2.33. The fourth-order valence-electron chi connectivity index (χ4n) is 1.24. The summed E-state index contributed by atoms with van der Waals surface area (Å²) in [6.07, 6.45) is -4.70. The van der Waals surface area contributed by atoms with Crippen molar-refractivity contribution in [1.29, 1.82) is 0 Å². The number of halogens is 3. The van der Waals surface area contributed by atoms with Gasteiger partial charge in [-0.05, 0) is 24.6 Å². The molecule has 0 saturated heterocycles. The highest BCUT2D eigenvalue weighted by molar-refractivity contribution is 5.48. The summed E-state index contributed by atoms with van der Waals surface area (Å²) in [6, 6.07) is -0.167. The summed E-state index contributed by atoms with van der Waals surface area (Å²) < 4.78 is 36.7. The zero-order valence-electron chi connectivity index (χ0n) is 7.84. The highest BCUT2D eigenvalue weighted by Gasteiger charge is 2.40. The lowest BCUT2D eigenvalue weighted by atomic mass is 10.0. The van der Waals surface area contributed by atoms with E-state index in [0.29, 0.717) is 5.56 Å². The highest BCUT2D eigenvalue weighted by Crippen LogP contribution is 2.40. The Morgan fingerprint density at radius 3 is 1.93 bits per heavy atom. The number of aromatic hydroxyl groups is 2. The minimum absolute atomic E-state index is 0.447. The van der Waals surface area contributed by atoms with Gasteiger partial charge in [-0.2, -0.15) is 13.2 Å². The van der Waals surface area contributed by atoms with E-state index < -0.39 is 29.3 Å². The average molecular weight is 221 g/mol. The number of phenols is 2. The molecule has 6 heteroatoms. The smallest absolute Gasteiger partial charge is 0.407 e. The van der Waals surface area contributed by atoms with E-state index in [-0.39, 0.29) is 0 Å². The molecule has 0 aliphatic rings.